The van der Waals surface area contributed by atoms with Crippen LogP contribution in [0.5, 0.6) is 0 Å². The molecule has 1 aromatic carbocycles. The van der Waals surface area contributed by atoms with Gasteiger partial charge in [-0.3, -0.25) is 9.78 Å². The van der Waals surface area contributed by atoms with Gasteiger partial charge in [-0.2, -0.15) is 0 Å². The lowest BCUT2D eigenvalue weighted by molar-refractivity contribution is -0.119. The van der Waals surface area contributed by atoms with E-state index in [0.717, 1.165) is 0 Å². The molecular weight excluding hydrogens is 288 g/mol. The van der Waals surface area contributed by atoms with E-state index in [1.54, 1.807) is 0 Å². The molecule has 0 aliphatic rings. The minimum atomic E-state index is -1.10. The fourth-order valence-electron chi connectivity index (χ4n) is 1.63. The van der Waals surface area contributed by atoms with Crippen molar-refractivity contribution in [2.24, 2.45) is 0 Å². The molecule has 0 bridgehead atoms. The summed E-state index contributed by atoms with van der Waals surface area (Å²) in [6.07, 6.45) is 2.88. The number of ether oxygens (including phenoxy) is 1. The molecule has 22 heavy (non-hydrogen) atoms. The van der Waals surface area contributed by atoms with Crippen LogP contribution in [0.3, 0.4) is 0 Å². The highest BCUT2D eigenvalue weighted by molar-refractivity contribution is 5.96. The number of amides is 1. The van der Waals surface area contributed by atoms with Crippen LogP contribution in [0.15, 0.2) is 48.8 Å². The third-order valence-corrected chi connectivity index (χ3v) is 2.64. The molecule has 2 rings (SSSR count). The lowest BCUT2D eigenvalue weighted by Gasteiger charge is -2.07. The number of rotatable bonds is 5. The van der Waals surface area contributed by atoms with Crippen molar-refractivity contribution in [1.29, 1.82) is 0 Å². The maximum atomic E-state index is 11.7. The van der Waals surface area contributed by atoms with Crippen molar-refractivity contribution < 1.29 is 24.2 Å². The van der Waals surface area contributed by atoms with E-state index in [-0.39, 0.29) is 11.1 Å². The molecule has 112 valence electrons. The third-order valence-electron chi connectivity index (χ3n) is 2.64. The van der Waals surface area contributed by atoms with Gasteiger partial charge in [0.1, 0.15) is 0 Å². The van der Waals surface area contributed by atoms with Crippen LogP contribution in [0.1, 0.15) is 20.7 Å². The maximum Gasteiger partial charge on any atom is 0.338 e. The summed E-state index contributed by atoms with van der Waals surface area (Å²) in [5, 5.41) is 11.3. The molecule has 1 aromatic heterocycles. The van der Waals surface area contributed by atoms with Crippen molar-refractivity contribution in [2.45, 2.75) is 0 Å². The Morgan fingerprint density at radius 3 is 2.50 bits per heavy atom. The van der Waals surface area contributed by atoms with E-state index in [1.807, 2.05) is 0 Å². The van der Waals surface area contributed by atoms with E-state index in [2.05, 4.69) is 10.3 Å². The van der Waals surface area contributed by atoms with Gasteiger partial charge in [-0.25, -0.2) is 9.59 Å². The fourth-order valence-corrected chi connectivity index (χ4v) is 1.63. The van der Waals surface area contributed by atoms with Gasteiger partial charge in [0.05, 0.1) is 11.1 Å². The smallest absolute Gasteiger partial charge is 0.338 e. The summed E-state index contributed by atoms with van der Waals surface area (Å²) in [6.45, 7) is -0.474. The predicted octanol–water partition coefficient (Wildman–Crippen LogP) is 1.58. The lowest BCUT2D eigenvalue weighted by Crippen LogP contribution is -2.21. The van der Waals surface area contributed by atoms with Gasteiger partial charge in [-0.15, -0.1) is 0 Å². The summed E-state index contributed by atoms with van der Waals surface area (Å²) in [6, 6.07) is 8.69. The molecule has 0 fully saturated rings. The standard InChI is InChI=1S/C15H12N2O5/c18-13(9-22-15(21)10-4-6-16-7-5-10)17-12-3-1-2-11(8-12)14(19)20/h1-8H,9H2,(H,17,18)(H,19,20). The molecule has 1 heterocycles. The van der Waals surface area contributed by atoms with Gasteiger partial charge < -0.3 is 15.2 Å². The van der Waals surface area contributed by atoms with E-state index in [1.165, 1.54) is 48.8 Å². The number of carbonyl (C=O) groups is 3. The zero-order valence-corrected chi connectivity index (χ0v) is 11.4. The van der Waals surface area contributed by atoms with Gasteiger partial charge in [0, 0.05) is 18.1 Å². The average molecular weight is 300 g/mol. The molecule has 0 radical (unpaired) electrons. The molecule has 7 heteroatoms. The third kappa shape index (κ3) is 4.14. The Morgan fingerprint density at radius 2 is 1.82 bits per heavy atom. The van der Waals surface area contributed by atoms with E-state index in [9.17, 15) is 14.4 Å². The first-order valence-electron chi connectivity index (χ1n) is 6.26. The van der Waals surface area contributed by atoms with Crippen molar-refractivity contribution in [3.63, 3.8) is 0 Å². The Labute approximate surface area is 125 Å². The Kier molecular flexibility index (Phi) is 4.81. The van der Waals surface area contributed by atoms with Crippen LogP contribution in [-0.2, 0) is 9.53 Å². The van der Waals surface area contributed by atoms with Crippen LogP contribution < -0.4 is 5.32 Å². The highest BCUT2D eigenvalue weighted by Crippen LogP contribution is 2.10. The zero-order chi connectivity index (χ0) is 15.9. The first-order valence-corrected chi connectivity index (χ1v) is 6.26. The highest BCUT2D eigenvalue weighted by atomic mass is 16.5. The number of aromatic carboxylic acids is 1. The van der Waals surface area contributed by atoms with E-state index < -0.39 is 24.5 Å². The summed E-state index contributed by atoms with van der Waals surface area (Å²) < 4.78 is 4.84. The molecule has 0 atom stereocenters. The van der Waals surface area contributed by atoms with Crippen LogP contribution >= 0.6 is 0 Å². The molecular formula is C15H12N2O5. The Bertz CT molecular complexity index is 700. The van der Waals surface area contributed by atoms with Crippen LogP contribution in [0.4, 0.5) is 5.69 Å². The minimum absolute atomic E-state index is 0.0478. The summed E-state index contributed by atoms with van der Waals surface area (Å²) in [7, 11) is 0. The van der Waals surface area contributed by atoms with Gasteiger partial charge in [-0.05, 0) is 30.3 Å². The summed E-state index contributed by atoms with van der Waals surface area (Å²) in [5.74, 6) is -2.30. The van der Waals surface area contributed by atoms with E-state index >= 15 is 0 Å². The topological polar surface area (TPSA) is 106 Å². The number of esters is 1. The van der Waals surface area contributed by atoms with Gasteiger partial charge in [0.15, 0.2) is 6.61 Å². The second kappa shape index (κ2) is 6.98. The summed E-state index contributed by atoms with van der Waals surface area (Å²) in [5.41, 5.74) is 0.645. The van der Waals surface area contributed by atoms with Gasteiger partial charge in [-0.1, -0.05) is 6.07 Å². The molecule has 0 aliphatic heterocycles. The molecule has 7 nitrogen and oxygen atoms in total. The molecule has 0 spiro atoms. The number of hydrogen-bond donors (Lipinski definition) is 2. The van der Waals surface area contributed by atoms with Crippen LogP contribution in [0.25, 0.3) is 0 Å². The molecule has 2 N–H and O–H groups in total. The summed E-state index contributed by atoms with van der Waals surface area (Å²) >= 11 is 0. The Morgan fingerprint density at radius 1 is 1.09 bits per heavy atom. The number of benzene rings is 1. The number of anilines is 1. The SMILES string of the molecule is O=C(COC(=O)c1ccncc1)Nc1cccc(C(=O)O)c1. The Balaban J connectivity index is 1.89. The van der Waals surface area contributed by atoms with Crippen LogP contribution in [0.2, 0.25) is 0 Å². The largest absolute Gasteiger partial charge is 0.478 e. The van der Waals surface area contributed by atoms with Crippen molar-refractivity contribution in [1.82, 2.24) is 4.98 Å². The van der Waals surface area contributed by atoms with E-state index in [0.29, 0.717) is 5.69 Å². The molecule has 0 unspecified atom stereocenters. The normalized spacial score (nSPS) is 9.82. The minimum Gasteiger partial charge on any atom is -0.478 e. The van der Waals surface area contributed by atoms with Gasteiger partial charge in [0.2, 0.25) is 0 Å². The second-order valence-electron chi connectivity index (χ2n) is 4.25. The predicted molar refractivity (Wildman–Crippen MR) is 76.6 cm³/mol. The monoisotopic (exact) mass is 300 g/mol. The number of hydrogen-bond acceptors (Lipinski definition) is 5. The number of nitrogens with one attached hydrogen (secondary N) is 1. The Hall–Kier alpha value is -3.22. The maximum absolute atomic E-state index is 11.7. The number of pyridine rings is 1. The number of nitrogens with zero attached hydrogens (tertiary/aromatic N) is 1. The van der Waals surface area contributed by atoms with Crippen molar-refractivity contribution in [3.05, 3.63) is 59.9 Å². The molecule has 2 aromatic rings. The fraction of sp³-hybridized carbons (Fsp3) is 0.0667. The summed E-state index contributed by atoms with van der Waals surface area (Å²) in [4.78, 5) is 37.9. The zero-order valence-electron chi connectivity index (χ0n) is 11.4. The molecule has 0 saturated carbocycles. The van der Waals surface area contributed by atoms with E-state index in [4.69, 9.17) is 9.84 Å². The van der Waals surface area contributed by atoms with Crippen molar-refractivity contribution in [2.75, 3.05) is 11.9 Å². The number of carbonyl (C=O) groups excluding carboxylic acids is 2. The number of carboxylic acids is 1. The lowest BCUT2D eigenvalue weighted by atomic mass is 10.2. The first kappa shape index (κ1) is 15.2. The van der Waals surface area contributed by atoms with Crippen molar-refractivity contribution in [3.8, 4) is 0 Å². The van der Waals surface area contributed by atoms with Gasteiger partial charge in [0.25, 0.3) is 5.91 Å². The number of carboxylic acid groups (broad SMARTS) is 1. The number of aromatic nitrogens is 1. The quantitative estimate of drug-likeness (QED) is 0.812. The highest BCUT2D eigenvalue weighted by Gasteiger charge is 2.11. The molecule has 0 saturated heterocycles. The molecule has 1 amide bonds. The second-order valence-corrected chi connectivity index (χ2v) is 4.25. The van der Waals surface area contributed by atoms with Crippen molar-refractivity contribution >= 4 is 23.5 Å². The van der Waals surface area contributed by atoms with Crippen LogP contribution in [0, 0.1) is 0 Å². The van der Waals surface area contributed by atoms with Crippen LogP contribution in [-0.4, -0.2) is 34.5 Å². The average Bonchev–Trinajstić information content (AvgIpc) is 2.53. The van der Waals surface area contributed by atoms with Gasteiger partial charge >= 0.3 is 11.9 Å². The first-order chi connectivity index (χ1) is 10.6. The molecule has 0 aliphatic carbocycles.